The zero-order valence-electron chi connectivity index (χ0n) is 13.0. The van der Waals surface area contributed by atoms with E-state index < -0.39 is 12.3 Å². The highest BCUT2D eigenvalue weighted by atomic mass is 16.7. The van der Waals surface area contributed by atoms with Gasteiger partial charge in [0, 0.05) is 5.92 Å². The van der Waals surface area contributed by atoms with E-state index in [0.717, 1.165) is 5.56 Å². The number of aliphatic hydroxyl groups is 1. The second kappa shape index (κ2) is 5.75. The van der Waals surface area contributed by atoms with Crippen molar-refractivity contribution in [3.05, 3.63) is 29.8 Å². The zero-order chi connectivity index (χ0) is 15.8. The number of amides is 1. The maximum atomic E-state index is 12.8. The largest absolute Gasteiger partial charge is 0.389 e. The topological polar surface area (TPSA) is 75.8 Å². The normalized spacial score (nSPS) is 21.9. The predicted molar refractivity (Wildman–Crippen MR) is 81.3 cm³/mol. The molecular formula is C16H24N2O3. The fourth-order valence-corrected chi connectivity index (χ4v) is 2.44. The Morgan fingerprint density at radius 1 is 1.38 bits per heavy atom. The Hall–Kier alpha value is -1.43. The van der Waals surface area contributed by atoms with Crippen LogP contribution in [-0.4, -0.2) is 23.3 Å². The average molecular weight is 292 g/mol. The van der Waals surface area contributed by atoms with Gasteiger partial charge in [-0.25, -0.2) is 4.84 Å². The molecule has 5 heteroatoms. The number of para-hydroxylation sites is 1. The van der Waals surface area contributed by atoms with E-state index in [4.69, 9.17) is 10.6 Å². The Morgan fingerprint density at radius 3 is 2.57 bits per heavy atom. The van der Waals surface area contributed by atoms with Crippen LogP contribution >= 0.6 is 0 Å². The first-order valence-electron chi connectivity index (χ1n) is 7.24. The Kier molecular flexibility index (Phi) is 4.37. The summed E-state index contributed by atoms with van der Waals surface area (Å²) in [5.41, 5.74) is 7.33. The van der Waals surface area contributed by atoms with Crippen molar-refractivity contribution in [1.29, 1.82) is 0 Å². The number of fused-ring (bicyclic) bond motifs is 1. The lowest BCUT2D eigenvalue weighted by molar-refractivity contribution is -0.140. The molecule has 3 unspecified atom stereocenters. The Balaban J connectivity index is 2.38. The van der Waals surface area contributed by atoms with Gasteiger partial charge in [-0.2, -0.15) is 5.06 Å². The van der Waals surface area contributed by atoms with Crippen molar-refractivity contribution in [3.63, 3.8) is 0 Å². The highest BCUT2D eigenvalue weighted by molar-refractivity contribution is 5.96. The van der Waals surface area contributed by atoms with E-state index in [2.05, 4.69) is 0 Å². The molecule has 0 bridgehead atoms. The van der Waals surface area contributed by atoms with Crippen LogP contribution in [0.2, 0.25) is 0 Å². The number of aliphatic hydroxyl groups excluding tert-OH is 1. The third kappa shape index (κ3) is 3.26. The van der Waals surface area contributed by atoms with Crippen LogP contribution in [0, 0.1) is 11.3 Å². The highest BCUT2D eigenvalue weighted by Gasteiger charge is 2.41. The number of nitrogens with two attached hydrogens (primary N) is 1. The molecular weight excluding hydrogens is 268 g/mol. The molecule has 1 amide bonds. The molecule has 0 aliphatic carbocycles. The smallest absolute Gasteiger partial charge is 0.254 e. The Bertz CT molecular complexity index is 522. The third-order valence-corrected chi connectivity index (χ3v) is 3.88. The molecule has 3 N–H and O–H groups in total. The molecule has 1 aromatic carbocycles. The van der Waals surface area contributed by atoms with Crippen molar-refractivity contribution < 1.29 is 14.7 Å². The quantitative estimate of drug-likeness (QED) is 0.833. The van der Waals surface area contributed by atoms with E-state index in [0.29, 0.717) is 12.1 Å². The molecule has 5 nitrogen and oxygen atoms in total. The van der Waals surface area contributed by atoms with Crippen LogP contribution in [-0.2, 0) is 16.1 Å². The molecule has 21 heavy (non-hydrogen) atoms. The first-order valence-corrected chi connectivity index (χ1v) is 7.24. The van der Waals surface area contributed by atoms with E-state index in [1.165, 1.54) is 12.0 Å². The van der Waals surface area contributed by atoms with Crippen molar-refractivity contribution in [2.45, 2.75) is 46.4 Å². The summed E-state index contributed by atoms with van der Waals surface area (Å²) in [5, 5.41) is 10.8. The molecule has 0 saturated carbocycles. The first kappa shape index (κ1) is 15.9. The van der Waals surface area contributed by atoms with Gasteiger partial charge in [-0.3, -0.25) is 4.79 Å². The number of carbonyl (C=O) groups excluding carboxylic acids is 1. The van der Waals surface area contributed by atoms with E-state index in [1.54, 1.807) is 0 Å². The van der Waals surface area contributed by atoms with Gasteiger partial charge in [0.05, 0.1) is 11.8 Å². The molecule has 1 aromatic rings. The lowest BCUT2D eigenvalue weighted by Gasteiger charge is -2.39. The number of anilines is 1. The van der Waals surface area contributed by atoms with Crippen molar-refractivity contribution in [2.24, 2.45) is 17.1 Å². The molecule has 1 aliphatic heterocycles. The van der Waals surface area contributed by atoms with Crippen LogP contribution in [0.15, 0.2) is 24.3 Å². The summed E-state index contributed by atoms with van der Waals surface area (Å²) in [4.78, 5) is 18.3. The second-order valence-electron chi connectivity index (χ2n) is 6.69. The minimum absolute atomic E-state index is 0.114. The summed E-state index contributed by atoms with van der Waals surface area (Å²) in [6, 6.07) is 7.63. The molecule has 1 aliphatic rings. The van der Waals surface area contributed by atoms with Crippen molar-refractivity contribution in [3.8, 4) is 0 Å². The van der Waals surface area contributed by atoms with Crippen LogP contribution < -0.4 is 10.8 Å². The lowest BCUT2D eigenvalue weighted by Crippen LogP contribution is -2.51. The molecule has 116 valence electrons. The minimum atomic E-state index is -0.944. The van der Waals surface area contributed by atoms with Gasteiger partial charge >= 0.3 is 0 Å². The van der Waals surface area contributed by atoms with Gasteiger partial charge in [-0.05, 0) is 30.4 Å². The number of hydrogen-bond acceptors (Lipinski definition) is 4. The van der Waals surface area contributed by atoms with E-state index in [9.17, 15) is 9.90 Å². The molecule has 1 heterocycles. The van der Waals surface area contributed by atoms with Gasteiger partial charge in [0.25, 0.3) is 5.91 Å². The number of hydrogen-bond donors (Lipinski definition) is 2. The van der Waals surface area contributed by atoms with E-state index in [-0.39, 0.29) is 17.2 Å². The third-order valence-electron chi connectivity index (χ3n) is 3.88. The minimum Gasteiger partial charge on any atom is -0.389 e. The van der Waals surface area contributed by atoms with Crippen LogP contribution in [0.3, 0.4) is 0 Å². The van der Waals surface area contributed by atoms with Crippen LogP contribution in [0.25, 0.3) is 0 Å². The van der Waals surface area contributed by atoms with Crippen molar-refractivity contribution in [1.82, 2.24) is 0 Å². The number of nitrogens with zero attached hydrogens (tertiary/aromatic N) is 1. The number of carbonyl (C=O) groups is 1. The van der Waals surface area contributed by atoms with Gasteiger partial charge in [0.1, 0.15) is 0 Å². The SMILES string of the molecule is CC(O)C(N)ON1C(=O)C(C(C)(C)C)Cc2ccccc21. The summed E-state index contributed by atoms with van der Waals surface area (Å²) in [5.74, 6) is -0.300. The zero-order valence-corrected chi connectivity index (χ0v) is 13.0. The maximum Gasteiger partial charge on any atom is 0.254 e. The van der Waals surface area contributed by atoms with Crippen LogP contribution in [0.5, 0.6) is 0 Å². The second-order valence-corrected chi connectivity index (χ2v) is 6.69. The first-order chi connectivity index (χ1) is 9.71. The van der Waals surface area contributed by atoms with Crippen molar-refractivity contribution in [2.75, 3.05) is 5.06 Å². The number of hydroxylamine groups is 1. The fourth-order valence-electron chi connectivity index (χ4n) is 2.44. The van der Waals surface area contributed by atoms with Crippen LogP contribution in [0.1, 0.15) is 33.3 Å². The summed E-state index contributed by atoms with van der Waals surface area (Å²) >= 11 is 0. The number of benzene rings is 1. The number of rotatable bonds is 3. The van der Waals surface area contributed by atoms with Gasteiger partial charge in [0.15, 0.2) is 6.23 Å². The standard InChI is InChI=1S/C16H24N2O3/c1-10(19)14(17)21-18-13-8-6-5-7-11(13)9-12(15(18)20)16(2,3)4/h5-8,10,12,14,19H,9,17H2,1-4H3. The fraction of sp³-hybridized carbons (Fsp3) is 0.562. The van der Waals surface area contributed by atoms with Gasteiger partial charge in [0.2, 0.25) is 0 Å². The van der Waals surface area contributed by atoms with Gasteiger partial charge < -0.3 is 10.8 Å². The average Bonchev–Trinajstić information content (AvgIpc) is 2.40. The molecule has 0 radical (unpaired) electrons. The van der Waals surface area contributed by atoms with Crippen molar-refractivity contribution >= 4 is 11.6 Å². The van der Waals surface area contributed by atoms with E-state index >= 15 is 0 Å². The summed E-state index contributed by atoms with van der Waals surface area (Å²) in [7, 11) is 0. The molecule has 0 saturated heterocycles. The molecule has 2 rings (SSSR count). The molecule has 3 atom stereocenters. The van der Waals surface area contributed by atoms with Crippen LogP contribution in [0.4, 0.5) is 5.69 Å². The monoisotopic (exact) mass is 292 g/mol. The summed E-state index contributed by atoms with van der Waals surface area (Å²) in [6.07, 6.45) is -1.12. The lowest BCUT2D eigenvalue weighted by atomic mass is 9.75. The molecule has 0 spiro atoms. The Labute approximate surface area is 125 Å². The van der Waals surface area contributed by atoms with Gasteiger partial charge in [-0.15, -0.1) is 0 Å². The summed E-state index contributed by atoms with van der Waals surface area (Å²) < 4.78 is 0. The molecule has 0 aromatic heterocycles. The maximum absolute atomic E-state index is 12.8. The highest BCUT2D eigenvalue weighted by Crippen LogP contribution is 2.39. The molecule has 0 fully saturated rings. The van der Waals surface area contributed by atoms with Gasteiger partial charge in [-0.1, -0.05) is 39.0 Å². The Morgan fingerprint density at radius 2 is 2.00 bits per heavy atom. The van der Waals surface area contributed by atoms with E-state index in [1.807, 2.05) is 45.0 Å². The summed E-state index contributed by atoms with van der Waals surface area (Å²) in [6.45, 7) is 7.65. The predicted octanol–water partition coefficient (Wildman–Crippen LogP) is 1.84.